The van der Waals surface area contributed by atoms with Crippen molar-refractivity contribution in [3.05, 3.63) is 72.2 Å². The minimum atomic E-state index is -0.240. The fourth-order valence-electron chi connectivity index (χ4n) is 5.85. The molecule has 1 saturated carbocycles. The number of piperidine rings is 1. The Labute approximate surface area is 257 Å². The molecule has 6 rings (SSSR count). The van der Waals surface area contributed by atoms with Crippen LogP contribution in [0.2, 0.25) is 0 Å². The number of nitrogens with two attached hydrogens (primary N) is 1. The Morgan fingerprint density at radius 1 is 1.11 bits per heavy atom. The van der Waals surface area contributed by atoms with Crippen molar-refractivity contribution in [2.24, 2.45) is 0 Å². The summed E-state index contributed by atoms with van der Waals surface area (Å²) in [4.78, 5) is 43.3. The predicted molar refractivity (Wildman–Crippen MR) is 171 cm³/mol. The second kappa shape index (κ2) is 12.9. The lowest BCUT2D eigenvalue weighted by Crippen LogP contribution is -2.40. The first-order chi connectivity index (χ1) is 21.4. The van der Waals surface area contributed by atoms with Gasteiger partial charge in [-0.2, -0.15) is 5.10 Å². The summed E-state index contributed by atoms with van der Waals surface area (Å²) in [5, 5.41) is 8.53. The van der Waals surface area contributed by atoms with Crippen LogP contribution in [0.1, 0.15) is 61.0 Å². The number of likely N-dealkylation sites (N-methyl/N-ethyl adjacent to an activating group) is 1. The molecule has 4 aromatic rings. The highest BCUT2D eigenvalue weighted by molar-refractivity contribution is 6.04. The molecule has 2 fully saturated rings. The largest absolute Gasteiger partial charge is 0.383 e. The molecule has 2 aliphatic rings. The van der Waals surface area contributed by atoms with Gasteiger partial charge in [-0.05, 0) is 69.0 Å². The third kappa shape index (κ3) is 6.47. The van der Waals surface area contributed by atoms with Gasteiger partial charge in [-0.3, -0.25) is 14.5 Å². The number of fused-ring (bicyclic) bond motifs is 1. The lowest BCUT2D eigenvalue weighted by atomic mass is 10.1. The van der Waals surface area contributed by atoms with E-state index in [1.807, 2.05) is 39.9 Å². The first-order valence-electron chi connectivity index (χ1n) is 15.4. The molecule has 44 heavy (non-hydrogen) atoms. The number of carbonyl (C=O) groups is 2. The number of hydrogen-bond donors (Lipinski definition) is 2. The maximum atomic E-state index is 13.0. The number of aromatic nitrogens is 5. The number of anilines is 2. The molecule has 228 valence electrons. The molecule has 1 atom stereocenters. The second-order valence-electron chi connectivity index (χ2n) is 11.7. The van der Waals surface area contributed by atoms with E-state index in [0.29, 0.717) is 53.1 Å². The van der Waals surface area contributed by atoms with Crippen molar-refractivity contribution in [3.63, 3.8) is 0 Å². The van der Waals surface area contributed by atoms with Crippen molar-refractivity contribution in [2.75, 3.05) is 37.7 Å². The zero-order chi connectivity index (χ0) is 30.6. The number of nitrogens with one attached hydrogen (secondary N) is 1. The van der Waals surface area contributed by atoms with Crippen LogP contribution in [0.15, 0.2) is 61.1 Å². The summed E-state index contributed by atoms with van der Waals surface area (Å²) in [5.41, 5.74) is 10.1. The van der Waals surface area contributed by atoms with E-state index in [-0.39, 0.29) is 17.9 Å². The number of aryl methyl sites for hydroxylation is 1. The number of rotatable bonds is 10. The zero-order valence-corrected chi connectivity index (χ0v) is 25.3. The van der Waals surface area contributed by atoms with E-state index in [2.05, 4.69) is 39.1 Å². The Morgan fingerprint density at radius 2 is 1.93 bits per heavy atom. The fraction of sp³-hybridized carbons (Fsp3) is 0.394. The third-order valence-corrected chi connectivity index (χ3v) is 8.42. The van der Waals surface area contributed by atoms with Gasteiger partial charge in [0.15, 0.2) is 5.65 Å². The standard InChI is InChI=1S/C33H39N9O2/c1-3-6-22-15-16-35-27(19-22)38-33(44)24-11-9-23(10-12-24)30-29-31(34)36-21-37-32(29)42(39-30)26-7-4-18-41(20-26)28(43)8-5-17-40(2)25-13-14-25/h5,8-12,15-16,19,21,25-26H,3-4,6-7,13-14,17-18,20H2,1-2H3,(H2,34,36,37)(H,35,38,44)/b8-5+/t26-/m1/s1. The highest BCUT2D eigenvalue weighted by Crippen LogP contribution is 2.34. The van der Waals surface area contributed by atoms with Crippen LogP contribution in [-0.2, 0) is 11.2 Å². The van der Waals surface area contributed by atoms with E-state index in [1.165, 1.54) is 19.2 Å². The molecule has 11 heteroatoms. The van der Waals surface area contributed by atoms with Gasteiger partial charge in [-0.25, -0.2) is 19.6 Å². The molecule has 4 heterocycles. The summed E-state index contributed by atoms with van der Waals surface area (Å²) in [6.07, 6.45) is 13.0. The summed E-state index contributed by atoms with van der Waals surface area (Å²) >= 11 is 0. The maximum Gasteiger partial charge on any atom is 0.256 e. The van der Waals surface area contributed by atoms with E-state index >= 15 is 0 Å². The monoisotopic (exact) mass is 593 g/mol. The lowest BCUT2D eigenvalue weighted by molar-refractivity contribution is -0.127. The normalized spacial score (nSPS) is 17.1. The molecular weight excluding hydrogens is 554 g/mol. The van der Waals surface area contributed by atoms with Crippen LogP contribution in [0.25, 0.3) is 22.3 Å². The van der Waals surface area contributed by atoms with Crippen LogP contribution in [0.5, 0.6) is 0 Å². The predicted octanol–water partition coefficient (Wildman–Crippen LogP) is 4.49. The van der Waals surface area contributed by atoms with Gasteiger partial charge in [-0.15, -0.1) is 0 Å². The molecule has 2 amide bonds. The number of benzene rings is 1. The number of pyridine rings is 1. The van der Waals surface area contributed by atoms with Crippen molar-refractivity contribution >= 4 is 34.5 Å². The molecule has 1 aliphatic carbocycles. The van der Waals surface area contributed by atoms with Crippen molar-refractivity contribution in [2.45, 2.75) is 57.5 Å². The molecular formula is C33H39N9O2. The Morgan fingerprint density at radius 3 is 2.70 bits per heavy atom. The molecule has 1 saturated heterocycles. The lowest BCUT2D eigenvalue weighted by Gasteiger charge is -2.32. The third-order valence-electron chi connectivity index (χ3n) is 8.42. The molecule has 3 N–H and O–H groups in total. The summed E-state index contributed by atoms with van der Waals surface area (Å²) in [7, 11) is 2.10. The van der Waals surface area contributed by atoms with Crippen molar-refractivity contribution < 1.29 is 9.59 Å². The molecule has 0 bridgehead atoms. The smallest absolute Gasteiger partial charge is 0.256 e. The van der Waals surface area contributed by atoms with Gasteiger partial charge < -0.3 is 16.0 Å². The van der Waals surface area contributed by atoms with Crippen molar-refractivity contribution in [1.29, 1.82) is 0 Å². The minimum Gasteiger partial charge on any atom is -0.383 e. The van der Waals surface area contributed by atoms with Gasteiger partial charge in [-0.1, -0.05) is 31.6 Å². The second-order valence-corrected chi connectivity index (χ2v) is 11.7. The van der Waals surface area contributed by atoms with Crippen LogP contribution in [0, 0.1) is 0 Å². The quantitative estimate of drug-likeness (QED) is 0.257. The average Bonchev–Trinajstić information content (AvgIpc) is 3.82. The summed E-state index contributed by atoms with van der Waals surface area (Å²) in [6.45, 7) is 4.14. The van der Waals surface area contributed by atoms with Crippen LogP contribution in [0.4, 0.5) is 11.6 Å². The van der Waals surface area contributed by atoms with E-state index < -0.39 is 0 Å². The highest BCUT2D eigenvalue weighted by atomic mass is 16.2. The number of amides is 2. The van der Waals surface area contributed by atoms with Gasteiger partial charge in [0.25, 0.3) is 5.91 Å². The van der Waals surface area contributed by atoms with E-state index in [1.54, 1.807) is 24.4 Å². The first-order valence-corrected chi connectivity index (χ1v) is 15.4. The van der Waals surface area contributed by atoms with Crippen LogP contribution < -0.4 is 11.1 Å². The van der Waals surface area contributed by atoms with Gasteiger partial charge in [0.05, 0.1) is 11.4 Å². The topological polar surface area (TPSA) is 135 Å². The molecule has 0 spiro atoms. The van der Waals surface area contributed by atoms with E-state index in [0.717, 1.165) is 43.4 Å². The van der Waals surface area contributed by atoms with Crippen molar-refractivity contribution in [3.8, 4) is 11.3 Å². The van der Waals surface area contributed by atoms with Gasteiger partial charge in [0.1, 0.15) is 23.7 Å². The minimum absolute atomic E-state index is 0.0193. The Kier molecular flexibility index (Phi) is 8.65. The van der Waals surface area contributed by atoms with E-state index in [4.69, 9.17) is 10.8 Å². The molecule has 1 aromatic carbocycles. The van der Waals surface area contributed by atoms with Crippen molar-refractivity contribution in [1.82, 2.24) is 34.5 Å². The molecule has 3 aromatic heterocycles. The highest BCUT2D eigenvalue weighted by Gasteiger charge is 2.29. The number of hydrogen-bond acceptors (Lipinski definition) is 8. The van der Waals surface area contributed by atoms with Crippen LogP contribution in [-0.4, -0.2) is 79.1 Å². The summed E-state index contributed by atoms with van der Waals surface area (Å²) in [5.74, 6) is 0.644. The maximum absolute atomic E-state index is 13.0. The Hall–Kier alpha value is -4.64. The van der Waals surface area contributed by atoms with Crippen LogP contribution >= 0.6 is 0 Å². The molecule has 1 aliphatic heterocycles. The molecule has 11 nitrogen and oxygen atoms in total. The van der Waals surface area contributed by atoms with Crippen LogP contribution in [0.3, 0.4) is 0 Å². The van der Waals surface area contributed by atoms with Gasteiger partial charge >= 0.3 is 0 Å². The number of nitrogen functional groups attached to an aromatic ring is 1. The number of nitrogens with zero attached hydrogens (tertiary/aromatic N) is 7. The zero-order valence-electron chi connectivity index (χ0n) is 25.3. The van der Waals surface area contributed by atoms with Gasteiger partial charge in [0.2, 0.25) is 5.91 Å². The number of likely N-dealkylation sites (tertiary alicyclic amines) is 1. The van der Waals surface area contributed by atoms with Gasteiger partial charge in [0, 0.05) is 49.1 Å². The first kappa shape index (κ1) is 29.4. The molecule has 0 unspecified atom stereocenters. The molecule has 0 radical (unpaired) electrons. The Bertz CT molecular complexity index is 1680. The van der Waals surface area contributed by atoms with E-state index in [9.17, 15) is 9.59 Å². The average molecular weight is 594 g/mol. The number of carbonyl (C=O) groups excluding carboxylic acids is 2. The Balaban J connectivity index is 1.20. The summed E-state index contributed by atoms with van der Waals surface area (Å²) < 4.78 is 1.89. The SMILES string of the molecule is CCCc1ccnc(NC(=O)c2ccc(-c3nn([C@@H]4CCCN(C(=O)/C=C/CN(C)C5CC5)C4)c4ncnc(N)c34)cc2)c1. The fourth-order valence-corrected chi connectivity index (χ4v) is 5.85. The summed E-state index contributed by atoms with van der Waals surface area (Å²) in [6, 6.07) is 11.7.